The van der Waals surface area contributed by atoms with Crippen molar-refractivity contribution in [2.45, 2.75) is 6.42 Å². The standard InChI is InChI=1S/C15H14O3S/c16-15(12-8-9-19(17,18)10-12)14-7-3-5-11-4-1-2-6-13(11)14/h1-7,12H,8-10H2. The van der Waals surface area contributed by atoms with Crippen LogP contribution in [0.2, 0.25) is 0 Å². The molecule has 0 amide bonds. The first-order valence-corrected chi connectivity index (χ1v) is 8.11. The van der Waals surface area contributed by atoms with Crippen LogP contribution in [0.25, 0.3) is 10.8 Å². The van der Waals surface area contributed by atoms with Crippen molar-refractivity contribution in [3.05, 3.63) is 48.0 Å². The van der Waals surface area contributed by atoms with Crippen LogP contribution in [0.4, 0.5) is 0 Å². The highest BCUT2D eigenvalue weighted by atomic mass is 32.2. The van der Waals surface area contributed by atoms with E-state index in [-0.39, 0.29) is 23.2 Å². The van der Waals surface area contributed by atoms with Crippen LogP contribution in [0, 0.1) is 5.92 Å². The molecule has 1 saturated heterocycles. The van der Waals surface area contributed by atoms with E-state index in [2.05, 4.69) is 0 Å². The molecule has 0 spiro atoms. The number of Topliss-reactive ketones (excluding diaryl/α,β-unsaturated/α-hetero) is 1. The number of hydrogen-bond acceptors (Lipinski definition) is 3. The van der Waals surface area contributed by atoms with Gasteiger partial charge in [0.2, 0.25) is 0 Å². The molecule has 0 saturated carbocycles. The first kappa shape index (κ1) is 12.4. The van der Waals surface area contributed by atoms with Gasteiger partial charge in [0.25, 0.3) is 0 Å². The van der Waals surface area contributed by atoms with Crippen LogP contribution in [0.5, 0.6) is 0 Å². The van der Waals surface area contributed by atoms with Crippen LogP contribution < -0.4 is 0 Å². The van der Waals surface area contributed by atoms with E-state index >= 15 is 0 Å². The van der Waals surface area contributed by atoms with Gasteiger partial charge >= 0.3 is 0 Å². The Bertz CT molecular complexity index is 742. The van der Waals surface area contributed by atoms with Gasteiger partial charge in [-0.05, 0) is 17.2 Å². The van der Waals surface area contributed by atoms with E-state index in [1.54, 1.807) is 6.07 Å². The van der Waals surface area contributed by atoms with E-state index in [4.69, 9.17) is 0 Å². The van der Waals surface area contributed by atoms with E-state index in [0.717, 1.165) is 10.8 Å². The Morgan fingerprint density at radius 2 is 1.79 bits per heavy atom. The minimum Gasteiger partial charge on any atom is -0.294 e. The number of rotatable bonds is 2. The molecule has 1 unspecified atom stereocenters. The van der Waals surface area contributed by atoms with Crippen molar-refractivity contribution in [2.75, 3.05) is 11.5 Å². The normalized spacial score (nSPS) is 21.6. The van der Waals surface area contributed by atoms with Crippen LogP contribution in [0.3, 0.4) is 0 Å². The molecule has 3 rings (SSSR count). The summed E-state index contributed by atoms with van der Waals surface area (Å²) in [6.07, 6.45) is 0.449. The van der Waals surface area contributed by atoms with Crippen LogP contribution in [0.15, 0.2) is 42.5 Å². The smallest absolute Gasteiger partial charge is 0.167 e. The Hall–Kier alpha value is -1.68. The Labute approximate surface area is 112 Å². The van der Waals surface area contributed by atoms with E-state index in [0.29, 0.717) is 12.0 Å². The van der Waals surface area contributed by atoms with Crippen molar-refractivity contribution >= 4 is 26.4 Å². The molecule has 98 valence electrons. The zero-order valence-corrected chi connectivity index (χ0v) is 11.2. The lowest BCUT2D eigenvalue weighted by Crippen LogP contribution is -2.16. The maximum Gasteiger partial charge on any atom is 0.167 e. The molecular weight excluding hydrogens is 260 g/mol. The predicted octanol–water partition coefficient (Wildman–Crippen LogP) is 2.46. The number of hydrogen-bond donors (Lipinski definition) is 0. The van der Waals surface area contributed by atoms with E-state index in [1.807, 2.05) is 36.4 Å². The lowest BCUT2D eigenvalue weighted by Gasteiger charge is -2.09. The average Bonchev–Trinajstić information content (AvgIpc) is 2.78. The van der Waals surface area contributed by atoms with Gasteiger partial charge in [-0.25, -0.2) is 8.42 Å². The van der Waals surface area contributed by atoms with Crippen molar-refractivity contribution in [3.8, 4) is 0 Å². The Kier molecular flexibility index (Phi) is 2.90. The zero-order chi connectivity index (χ0) is 13.5. The number of ketones is 1. The number of carbonyl (C=O) groups is 1. The van der Waals surface area contributed by atoms with E-state index in [9.17, 15) is 13.2 Å². The van der Waals surface area contributed by atoms with Gasteiger partial charge in [0.15, 0.2) is 15.6 Å². The molecule has 1 fully saturated rings. The van der Waals surface area contributed by atoms with E-state index < -0.39 is 9.84 Å². The van der Waals surface area contributed by atoms with Crippen LogP contribution in [-0.4, -0.2) is 25.7 Å². The summed E-state index contributed by atoms with van der Waals surface area (Å²) in [5.41, 5.74) is 0.639. The van der Waals surface area contributed by atoms with Gasteiger partial charge in [0, 0.05) is 11.5 Å². The fourth-order valence-electron chi connectivity index (χ4n) is 2.66. The quantitative estimate of drug-likeness (QED) is 0.790. The number of carbonyl (C=O) groups excluding carboxylic acids is 1. The molecule has 1 heterocycles. The molecule has 0 radical (unpaired) electrons. The molecule has 3 nitrogen and oxygen atoms in total. The highest BCUT2D eigenvalue weighted by molar-refractivity contribution is 7.91. The summed E-state index contributed by atoms with van der Waals surface area (Å²) >= 11 is 0. The third-order valence-electron chi connectivity index (χ3n) is 3.66. The third kappa shape index (κ3) is 2.28. The Morgan fingerprint density at radius 1 is 1.05 bits per heavy atom. The lowest BCUT2D eigenvalue weighted by molar-refractivity contribution is 0.0935. The van der Waals surface area contributed by atoms with Crippen molar-refractivity contribution in [2.24, 2.45) is 5.92 Å². The second kappa shape index (κ2) is 4.46. The number of benzene rings is 2. The summed E-state index contributed by atoms with van der Waals surface area (Å²) in [6, 6.07) is 13.3. The van der Waals surface area contributed by atoms with E-state index in [1.165, 1.54) is 0 Å². The molecule has 1 atom stereocenters. The molecule has 19 heavy (non-hydrogen) atoms. The molecule has 1 aliphatic heterocycles. The number of sulfone groups is 1. The fourth-order valence-corrected chi connectivity index (χ4v) is 4.40. The largest absolute Gasteiger partial charge is 0.294 e. The van der Waals surface area contributed by atoms with Crippen LogP contribution in [-0.2, 0) is 9.84 Å². The Morgan fingerprint density at radius 3 is 2.53 bits per heavy atom. The highest BCUT2D eigenvalue weighted by Gasteiger charge is 2.33. The molecule has 0 aromatic heterocycles. The summed E-state index contributed by atoms with van der Waals surface area (Å²) < 4.78 is 23.0. The molecule has 0 N–H and O–H groups in total. The van der Waals surface area contributed by atoms with Crippen LogP contribution >= 0.6 is 0 Å². The molecule has 2 aromatic carbocycles. The average molecular weight is 274 g/mol. The second-order valence-electron chi connectivity index (χ2n) is 4.99. The maximum atomic E-state index is 12.5. The van der Waals surface area contributed by atoms with Gasteiger partial charge in [-0.1, -0.05) is 42.5 Å². The van der Waals surface area contributed by atoms with Gasteiger partial charge in [-0.3, -0.25) is 4.79 Å². The molecular formula is C15H14O3S. The van der Waals surface area contributed by atoms with Gasteiger partial charge in [-0.2, -0.15) is 0 Å². The summed E-state index contributed by atoms with van der Waals surface area (Å²) in [6.45, 7) is 0. The third-order valence-corrected chi connectivity index (χ3v) is 5.43. The predicted molar refractivity (Wildman–Crippen MR) is 75.0 cm³/mol. The maximum absolute atomic E-state index is 12.5. The number of fused-ring (bicyclic) bond motifs is 1. The minimum absolute atomic E-state index is 0.00491. The second-order valence-corrected chi connectivity index (χ2v) is 7.22. The van der Waals surface area contributed by atoms with Crippen molar-refractivity contribution in [3.63, 3.8) is 0 Å². The van der Waals surface area contributed by atoms with Crippen molar-refractivity contribution < 1.29 is 13.2 Å². The summed E-state index contributed by atoms with van der Waals surface area (Å²) in [5.74, 6) is -0.294. The molecule has 4 heteroatoms. The van der Waals surface area contributed by atoms with Crippen molar-refractivity contribution in [1.82, 2.24) is 0 Å². The molecule has 0 aliphatic carbocycles. The fraction of sp³-hybridized carbons (Fsp3) is 0.267. The van der Waals surface area contributed by atoms with Gasteiger partial charge in [0.1, 0.15) is 0 Å². The summed E-state index contributed by atoms with van der Waals surface area (Å²) in [4.78, 5) is 12.5. The lowest BCUT2D eigenvalue weighted by atomic mass is 9.93. The molecule has 1 aliphatic rings. The van der Waals surface area contributed by atoms with Gasteiger partial charge in [-0.15, -0.1) is 0 Å². The van der Waals surface area contributed by atoms with Gasteiger partial charge < -0.3 is 0 Å². The molecule has 0 bridgehead atoms. The minimum atomic E-state index is -3.02. The molecule has 2 aromatic rings. The summed E-state index contributed by atoms with van der Waals surface area (Å²) in [5, 5.41) is 1.91. The zero-order valence-electron chi connectivity index (χ0n) is 10.4. The van der Waals surface area contributed by atoms with Crippen LogP contribution in [0.1, 0.15) is 16.8 Å². The monoisotopic (exact) mass is 274 g/mol. The SMILES string of the molecule is O=C(c1cccc2ccccc12)C1CCS(=O)(=O)C1. The first-order valence-electron chi connectivity index (χ1n) is 6.29. The summed E-state index contributed by atoms with van der Waals surface area (Å²) in [7, 11) is -3.02. The Balaban J connectivity index is 2.03. The van der Waals surface area contributed by atoms with Crippen molar-refractivity contribution in [1.29, 1.82) is 0 Å². The first-order chi connectivity index (χ1) is 9.07. The topological polar surface area (TPSA) is 51.2 Å². The highest BCUT2D eigenvalue weighted by Crippen LogP contribution is 2.26. The van der Waals surface area contributed by atoms with Gasteiger partial charge in [0.05, 0.1) is 11.5 Å².